The van der Waals surface area contributed by atoms with E-state index >= 15 is 0 Å². The molecule has 0 unspecified atom stereocenters. The maximum atomic E-state index is 13.9. The van der Waals surface area contributed by atoms with E-state index in [1.807, 2.05) is 42.5 Å². The molecule has 4 aromatic rings. The van der Waals surface area contributed by atoms with Crippen LogP contribution in [-0.4, -0.2) is 49.7 Å². The number of ether oxygens (including phenoxy) is 1. The highest BCUT2D eigenvalue weighted by molar-refractivity contribution is 7.17. The summed E-state index contributed by atoms with van der Waals surface area (Å²) in [4.78, 5) is 40.2. The number of hydrogen-bond acceptors (Lipinski definition) is 7. The maximum Gasteiger partial charge on any atom is 0.337 e. The fourth-order valence-corrected chi connectivity index (χ4v) is 7.32. The van der Waals surface area contributed by atoms with Gasteiger partial charge in [-0.1, -0.05) is 67.8 Å². The van der Waals surface area contributed by atoms with Gasteiger partial charge in [0.05, 0.1) is 19.3 Å². The number of anilines is 1. The van der Waals surface area contributed by atoms with Crippen LogP contribution in [0.2, 0.25) is 0 Å². The normalized spacial score (nSPS) is 13.1. The molecule has 1 amide bonds. The summed E-state index contributed by atoms with van der Waals surface area (Å²) in [5.74, 6) is -0.283. The summed E-state index contributed by atoms with van der Waals surface area (Å²) in [5, 5.41) is 16.8. The van der Waals surface area contributed by atoms with E-state index in [-0.39, 0.29) is 43.4 Å². The number of esters is 1. The minimum absolute atomic E-state index is 0.0202. The summed E-state index contributed by atoms with van der Waals surface area (Å²) in [6.07, 6.45) is 5.59. The van der Waals surface area contributed by atoms with Gasteiger partial charge < -0.3 is 25.3 Å². The largest absolute Gasteiger partial charge is 0.465 e. The lowest BCUT2D eigenvalue weighted by atomic mass is 9.63. The van der Waals surface area contributed by atoms with Crippen LogP contribution >= 0.6 is 11.3 Å². The van der Waals surface area contributed by atoms with E-state index in [1.54, 1.807) is 29.5 Å². The molecule has 3 aromatic carbocycles. The van der Waals surface area contributed by atoms with Gasteiger partial charge in [-0.15, -0.1) is 11.3 Å². The Bertz CT molecular complexity index is 1700. The van der Waals surface area contributed by atoms with Crippen LogP contribution in [0.1, 0.15) is 84.9 Å². The molecule has 0 saturated heterocycles. The number of benzene rings is 3. The van der Waals surface area contributed by atoms with Gasteiger partial charge in [-0.3, -0.25) is 4.79 Å². The summed E-state index contributed by atoms with van der Waals surface area (Å²) in [6.45, 7) is 4.72. The van der Waals surface area contributed by atoms with Gasteiger partial charge in [0.2, 0.25) is 7.28 Å². The van der Waals surface area contributed by atoms with E-state index in [1.165, 1.54) is 17.6 Å². The van der Waals surface area contributed by atoms with Crippen molar-refractivity contribution in [1.82, 2.24) is 5.32 Å². The predicted molar refractivity (Wildman–Crippen MR) is 191 cm³/mol. The average molecular weight is 651 g/mol. The Morgan fingerprint density at radius 2 is 1.57 bits per heavy atom. The van der Waals surface area contributed by atoms with Crippen LogP contribution in [0.5, 0.6) is 0 Å². The molecule has 0 spiro atoms. The van der Waals surface area contributed by atoms with Crippen molar-refractivity contribution >= 4 is 46.6 Å². The minimum atomic E-state index is -0.340. The van der Waals surface area contributed by atoms with Gasteiger partial charge in [0.15, 0.2) is 0 Å². The lowest BCUT2D eigenvalue weighted by Gasteiger charge is -2.20. The fraction of sp³-hybridized carbons (Fsp3) is 0.342. The number of rotatable bonds is 14. The highest BCUT2D eigenvalue weighted by Crippen LogP contribution is 2.38. The molecule has 0 saturated carbocycles. The molecule has 9 heteroatoms. The standard InChI is InChI=1S/C38H43BN2O5S/c1-24(2)32(23-42)40-22-27-7-6-8-29(21-27)36(44)41-37-34(31-9-4-5-10-33(31)47-37)35(43)39-30-19-15-26(16-20-30)12-11-25-13-17-28(18-14-25)38(45)46-3/h6-8,13-21,24,32,39-40,42H,4-5,9-12,22-23H2,1-3H3,(H,41,44)/t32-/m0/s1. The molecule has 47 heavy (non-hydrogen) atoms. The van der Waals surface area contributed by atoms with Crippen LogP contribution in [0.25, 0.3) is 0 Å². The quantitative estimate of drug-likeness (QED) is 0.124. The predicted octanol–water partition coefficient (Wildman–Crippen LogP) is 5.46. The van der Waals surface area contributed by atoms with Crippen LogP contribution in [0, 0.1) is 5.92 Å². The second-order valence-electron chi connectivity index (χ2n) is 12.6. The van der Waals surface area contributed by atoms with Crippen molar-refractivity contribution in [2.75, 3.05) is 19.0 Å². The molecule has 0 aliphatic heterocycles. The Labute approximate surface area is 282 Å². The molecule has 0 radical (unpaired) electrons. The number of carbonyl (C=O) groups excluding carboxylic acids is 3. The Balaban J connectivity index is 1.25. The first-order valence-electron chi connectivity index (χ1n) is 16.4. The van der Waals surface area contributed by atoms with Crippen molar-refractivity contribution in [2.24, 2.45) is 5.92 Å². The minimum Gasteiger partial charge on any atom is -0.465 e. The van der Waals surface area contributed by atoms with E-state index in [0.29, 0.717) is 28.2 Å². The summed E-state index contributed by atoms with van der Waals surface area (Å²) >= 11 is 1.54. The van der Waals surface area contributed by atoms with Gasteiger partial charge in [-0.2, -0.15) is 0 Å². The number of carbonyl (C=O) groups is 3. The number of hydrogen-bond donors (Lipinski definition) is 3. The SMILES string of the molecule is COC(=O)c1ccc(CCc2ccc(BC(=O)c3c(NC(=O)c4cccc(CN[C@@H](CO)C(C)C)c4)sc4c3CCCC4)cc2)cc1. The van der Waals surface area contributed by atoms with E-state index in [4.69, 9.17) is 4.74 Å². The highest BCUT2D eigenvalue weighted by atomic mass is 32.1. The molecule has 0 fully saturated rings. The molecule has 0 bridgehead atoms. The average Bonchev–Trinajstić information content (AvgIpc) is 3.46. The van der Waals surface area contributed by atoms with E-state index in [2.05, 4.69) is 36.6 Å². The second-order valence-corrected chi connectivity index (χ2v) is 13.7. The molecule has 7 nitrogen and oxygen atoms in total. The van der Waals surface area contributed by atoms with E-state index in [0.717, 1.165) is 60.7 Å². The molecule has 1 aliphatic carbocycles. The Hall–Kier alpha value is -4.05. The monoisotopic (exact) mass is 650 g/mol. The highest BCUT2D eigenvalue weighted by Gasteiger charge is 2.27. The van der Waals surface area contributed by atoms with Crippen molar-refractivity contribution < 1.29 is 24.2 Å². The van der Waals surface area contributed by atoms with Crippen molar-refractivity contribution in [1.29, 1.82) is 0 Å². The van der Waals surface area contributed by atoms with Gasteiger partial charge in [-0.05, 0) is 91.0 Å². The van der Waals surface area contributed by atoms with Crippen LogP contribution < -0.4 is 16.1 Å². The molecule has 1 heterocycles. The van der Waals surface area contributed by atoms with Gasteiger partial charge in [-0.25, -0.2) is 4.79 Å². The lowest BCUT2D eigenvalue weighted by Crippen LogP contribution is -2.36. The maximum absolute atomic E-state index is 13.9. The molecular formula is C38H43BN2O5S. The number of nitrogens with one attached hydrogen (secondary N) is 2. The van der Waals surface area contributed by atoms with Crippen molar-refractivity contribution in [3.8, 4) is 0 Å². The third-order valence-electron chi connectivity index (χ3n) is 8.90. The summed E-state index contributed by atoms with van der Waals surface area (Å²) < 4.78 is 4.77. The number of aliphatic hydroxyl groups excluding tert-OH is 1. The number of aryl methyl sites for hydroxylation is 3. The molecule has 1 aliphatic rings. The van der Waals surface area contributed by atoms with E-state index < -0.39 is 0 Å². The third kappa shape index (κ3) is 8.86. The van der Waals surface area contributed by atoms with Crippen LogP contribution in [-0.2, 0) is 37.0 Å². The lowest BCUT2D eigenvalue weighted by molar-refractivity contribution is 0.0600. The van der Waals surface area contributed by atoms with Crippen molar-refractivity contribution in [3.63, 3.8) is 0 Å². The summed E-state index contributed by atoms with van der Waals surface area (Å²) in [6, 6.07) is 23.1. The Morgan fingerprint density at radius 3 is 2.23 bits per heavy atom. The number of fused-ring (bicyclic) bond motifs is 1. The van der Waals surface area contributed by atoms with Crippen LogP contribution in [0.15, 0.2) is 72.8 Å². The number of amides is 1. The Kier molecular flexibility index (Phi) is 11.8. The zero-order valence-corrected chi connectivity index (χ0v) is 28.3. The van der Waals surface area contributed by atoms with Gasteiger partial charge in [0, 0.05) is 28.6 Å². The van der Waals surface area contributed by atoms with Crippen molar-refractivity contribution in [3.05, 3.63) is 117 Å². The Morgan fingerprint density at radius 1 is 0.894 bits per heavy atom. The smallest absolute Gasteiger partial charge is 0.337 e. The first-order chi connectivity index (χ1) is 22.7. The summed E-state index contributed by atoms with van der Waals surface area (Å²) in [7, 11) is 1.65. The van der Waals surface area contributed by atoms with Gasteiger partial charge in [0.1, 0.15) is 10.7 Å². The second kappa shape index (κ2) is 16.2. The fourth-order valence-electron chi connectivity index (χ4n) is 6.02. The molecule has 3 N–H and O–H groups in total. The summed E-state index contributed by atoms with van der Waals surface area (Å²) in [5.41, 5.74) is 7.07. The zero-order chi connectivity index (χ0) is 33.3. The van der Waals surface area contributed by atoms with Gasteiger partial charge >= 0.3 is 5.97 Å². The topological polar surface area (TPSA) is 105 Å². The zero-order valence-electron chi connectivity index (χ0n) is 27.4. The molecule has 1 aromatic heterocycles. The first kappa shape index (κ1) is 34.3. The number of thiophene rings is 1. The van der Waals surface area contributed by atoms with Crippen molar-refractivity contribution in [2.45, 2.75) is 65.0 Å². The van der Waals surface area contributed by atoms with E-state index in [9.17, 15) is 19.5 Å². The molecule has 1 atom stereocenters. The number of aliphatic hydroxyl groups is 1. The molecular weight excluding hydrogens is 607 g/mol. The van der Waals surface area contributed by atoms with Crippen LogP contribution in [0.4, 0.5) is 5.00 Å². The third-order valence-corrected chi connectivity index (χ3v) is 10.1. The number of methoxy groups -OCH3 is 1. The first-order valence-corrected chi connectivity index (χ1v) is 17.2. The van der Waals surface area contributed by atoms with Crippen LogP contribution in [0.3, 0.4) is 0 Å². The molecule has 5 rings (SSSR count). The molecule has 244 valence electrons. The van der Waals surface area contributed by atoms with Gasteiger partial charge in [0.25, 0.3) is 5.91 Å².